The molecule has 1 aromatic heterocycles. The van der Waals surface area contributed by atoms with E-state index >= 15 is 0 Å². The lowest BCUT2D eigenvalue weighted by atomic mass is 9.78. The van der Waals surface area contributed by atoms with E-state index in [0.717, 1.165) is 0 Å². The number of carbonyl (C=O) groups is 1. The molecule has 0 saturated heterocycles. The molecule has 1 atom stereocenters. The van der Waals surface area contributed by atoms with Gasteiger partial charge in [0.25, 0.3) is 0 Å². The average Bonchev–Trinajstić information content (AvgIpc) is 2.80. The summed E-state index contributed by atoms with van der Waals surface area (Å²) in [5.41, 5.74) is 1.19. The number of aromatic hydroxyl groups is 1. The molecule has 0 spiro atoms. The summed E-state index contributed by atoms with van der Waals surface area (Å²) in [6.45, 7) is 11.8. The minimum Gasteiger partial charge on any atom is -0.507 e. The molecule has 28 heavy (non-hydrogen) atoms. The van der Waals surface area contributed by atoms with Gasteiger partial charge in [-0.1, -0.05) is 88.5 Å². The molecule has 2 rings (SSSR count). The number of benzene rings is 1. The lowest BCUT2D eigenvalue weighted by Gasteiger charge is -2.28. The number of aromatic amines is 1. The van der Waals surface area contributed by atoms with Gasteiger partial charge < -0.3 is 10.1 Å². The van der Waals surface area contributed by atoms with Crippen molar-refractivity contribution in [2.24, 2.45) is 0 Å². The van der Waals surface area contributed by atoms with Gasteiger partial charge in [-0.15, -0.1) is 0 Å². The summed E-state index contributed by atoms with van der Waals surface area (Å²) in [6.07, 6.45) is -2.00. The van der Waals surface area contributed by atoms with Crippen LogP contribution in [-0.4, -0.2) is 22.0 Å². The summed E-state index contributed by atoms with van der Waals surface area (Å²) in [4.78, 5) is 15.0. The number of ketones is 1. The third-order valence-electron chi connectivity index (χ3n) is 4.57. The molecule has 0 fully saturated rings. The number of carbonyl (C=O) groups excluding carboxylic acids is 1. The molecule has 2 aromatic rings. The van der Waals surface area contributed by atoms with E-state index < -0.39 is 12.0 Å². The highest BCUT2D eigenvalue weighted by molar-refractivity contribution is 6.49. The first-order chi connectivity index (χ1) is 12.6. The standard InChI is InChI=1S/C21H25Cl3FNO2/c1-20(2,3)11-7-10(8-12(17(11)27)21(4,5)6)9-13(25)18(28)16-14(22)15(23)19(24)26-16/h7-8,13,26-27H,9H2,1-6H3. The van der Waals surface area contributed by atoms with E-state index in [9.17, 15) is 14.3 Å². The van der Waals surface area contributed by atoms with Gasteiger partial charge in [-0.2, -0.15) is 0 Å². The van der Waals surface area contributed by atoms with Gasteiger partial charge in [0.2, 0.25) is 5.78 Å². The maximum Gasteiger partial charge on any atom is 0.214 e. The van der Waals surface area contributed by atoms with Crippen LogP contribution in [0.3, 0.4) is 0 Å². The second-order valence-electron chi connectivity index (χ2n) is 9.02. The van der Waals surface area contributed by atoms with Crippen LogP contribution in [0.1, 0.15) is 68.7 Å². The van der Waals surface area contributed by atoms with Crippen LogP contribution in [0.2, 0.25) is 15.2 Å². The van der Waals surface area contributed by atoms with Crippen LogP contribution in [0.4, 0.5) is 4.39 Å². The Hall–Kier alpha value is -1.23. The van der Waals surface area contributed by atoms with Gasteiger partial charge in [0.05, 0.1) is 10.0 Å². The van der Waals surface area contributed by atoms with Crippen LogP contribution in [0.5, 0.6) is 5.75 Å². The Labute approximate surface area is 180 Å². The second kappa shape index (κ2) is 7.89. The molecule has 154 valence electrons. The summed E-state index contributed by atoms with van der Waals surface area (Å²) in [5.74, 6) is -0.613. The summed E-state index contributed by atoms with van der Waals surface area (Å²) < 4.78 is 14.9. The van der Waals surface area contributed by atoms with Gasteiger partial charge >= 0.3 is 0 Å². The summed E-state index contributed by atoms with van der Waals surface area (Å²) in [6, 6.07) is 3.50. The number of phenolic OH excluding ortho intramolecular Hbond substituents is 1. The predicted molar refractivity (Wildman–Crippen MR) is 114 cm³/mol. The molecule has 0 saturated carbocycles. The summed E-state index contributed by atoms with van der Waals surface area (Å²) in [7, 11) is 0. The number of alkyl halides is 1. The van der Waals surface area contributed by atoms with Crippen LogP contribution in [0, 0.1) is 0 Å². The normalized spacial score (nSPS) is 13.6. The topological polar surface area (TPSA) is 53.1 Å². The Balaban J connectivity index is 2.45. The lowest BCUT2D eigenvalue weighted by molar-refractivity contribution is 0.0873. The number of hydrogen-bond donors (Lipinski definition) is 2. The molecule has 0 aliphatic heterocycles. The third kappa shape index (κ3) is 4.67. The van der Waals surface area contributed by atoms with Crippen molar-refractivity contribution in [2.45, 2.75) is 65.0 Å². The number of halogens is 4. The van der Waals surface area contributed by atoms with Crippen LogP contribution < -0.4 is 0 Å². The quantitative estimate of drug-likeness (QED) is 0.493. The van der Waals surface area contributed by atoms with Crippen molar-refractivity contribution < 1.29 is 14.3 Å². The SMILES string of the molecule is CC(C)(C)c1cc(CC(F)C(=O)c2[nH]c(Cl)c(Cl)c2Cl)cc(C(C)(C)C)c1O. The zero-order valence-corrected chi connectivity index (χ0v) is 19.1. The molecule has 7 heteroatoms. The zero-order chi connectivity index (χ0) is 21.6. The van der Waals surface area contributed by atoms with Gasteiger partial charge in [-0.3, -0.25) is 4.79 Å². The largest absolute Gasteiger partial charge is 0.507 e. The highest BCUT2D eigenvalue weighted by Gasteiger charge is 2.30. The van der Waals surface area contributed by atoms with Gasteiger partial charge in [-0.25, -0.2) is 4.39 Å². The Bertz CT molecular complexity index is 873. The molecule has 1 unspecified atom stereocenters. The molecule has 0 bridgehead atoms. The van der Waals surface area contributed by atoms with E-state index in [2.05, 4.69) is 4.98 Å². The Kier molecular flexibility index (Phi) is 6.49. The van der Waals surface area contributed by atoms with E-state index in [1.165, 1.54) is 0 Å². The first-order valence-electron chi connectivity index (χ1n) is 8.92. The Morgan fingerprint density at radius 2 is 1.50 bits per heavy atom. The van der Waals surface area contributed by atoms with Crippen molar-refractivity contribution >= 4 is 40.6 Å². The summed E-state index contributed by atoms with van der Waals surface area (Å²) in [5, 5.41) is 10.7. The van der Waals surface area contributed by atoms with Crippen LogP contribution >= 0.6 is 34.8 Å². The lowest BCUT2D eigenvalue weighted by Crippen LogP contribution is -2.22. The molecule has 2 N–H and O–H groups in total. The Morgan fingerprint density at radius 3 is 1.86 bits per heavy atom. The maximum atomic E-state index is 14.9. The molecule has 1 heterocycles. The molecular weight excluding hydrogens is 424 g/mol. The number of H-pyrrole nitrogens is 1. The fourth-order valence-electron chi connectivity index (χ4n) is 3.01. The fourth-order valence-corrected chi connectivity index (χ4v) is 3.62. The number of rotatable bonds is 4. The summed E-state index contributed by atoms with van der Waals surface area (Å²) >= 11 is 17.7. The number of phenols is 1. The van der Waals surface area contributed by atoms with Gasteiger partial charge in [0.1, 0.15) is 16.6 Å². The molecule has 0 aliphatic carbocycles. The Morgan fingerprint density at radius 1 is 1.04 bits per heavy atom. The minimum absolute atomic E-state index is 0.00288. The zero-order valence-electron chi connectivity index (χ0n) is 16.8. The van der Waals surface area contributed by atoms with Gasteiger partial charge in [0.15, 0.2) is 6.17 Å². The highest BCUT2D eigenvalue weighted by Crippen LogP contribution is 2.40. The molecule has 1 aromatic carbocycles. The van der Waals surface area contributed by atoms with Crippen LogP contribution in [0.25, 0.3) is 0 Å². The van der Waals surface area contributed by atoms with Crippen molar-refractivity contribution in [3.8, 4) is 5.75 Å². The third-order valence-corrected chi connectivity index (χ3v) is 5.80. The van der Waals surface area contributed by atoms with E-state index in [0.29, 0.717) is 16.7 Å². The number of nitrogens with one attached hydrogen (secondary N) is 1. The average molecular weight is 449 g/mol. The predicted octanol–water partition coefficient (Wildman–Crippen LogP) is 7.04. The monoisotopic (exact) mass is 447 g/mol. The fraction of sp³-hybridized carbons (Fsp3) is 0.476. The van der Waals surface area contributed by atoms with Crippen molar-refractivity contribution in [1.82, 2.24) is 4.98 Å². The number of hydrogen-bond acceptors (Lipinski definition) is 2. The van der Waals surface area contributed by atoms with E-state index in [1.54, 1.807) is 12.1 Å². The van der Waals surface area contributed by atoms with Crippen molar-refractivity contribution in [1.29, 1.82) is 0 Å². The minimum atomic E-state index is -1.84. The second-order valence-corrected chi connectivity index (χ2v) is 10.2. The molecule has 3 nitrogen and oxygen atoms in total. The van der Waals surface area contributed by atoms with Crippen LogP contribution in [-0.2, 0) is 17.3 Å². The maximum absolute atomic E-state index is 14.9. The van der Waals surface area contributed by atoms with Gasteiger partial charge in [0, 0.05) is 6.42 Å². The number of Topliss-reactive ketones (excluding diaryl/α,β-unsaturated/α-hetero) is 1. The van der Waals surface area contributed by atoms with Gasteiger partial charge in [-0.05, 0) is 27.5 Å². The first kappa shape index (κ1) is 23.1. The van der Waals surface area contributed by atoms with E-state index in [4.69, 9.17) is 34.8 Å². The molecule has 0 amide bonds. The highest BCUT2D eigenvalue weighted by atomic mass is 35.5. The van der Waals surface area contributed by atoms with Crippen molar-refractivity contribution in [3.05, 3.63) is 49.7 Å². The molecular formula is C21H25Cl3FNO2. The van der Waals surface area contributed by atoms with E-state index in [-0.39, 0.29) is 43.9 Å². The van der Waals surface area contributed by atoms with E-state index in [1.807, 2.05) is 41.5 Å². The van der Waals surface area contributed by atoms with Crippen LogP contribution in [0.15, 0.2) is 12.1 Å². The smallest absolute Gasteiger partial charge is 0.214 e. The number of aromatic nitrogens is 1. The molecule has 0 aliphatic rings. The first-order valence-corrected chi connectivity index (χ1v) is 10.1. The molecule has 0 radical (unpaired) electrons. The van der Waals surface area contributed by atoms with Crippen molar-refractivity contribution in [3.63, 3.8) is 0 Å². The van der Waals surface area contributed by atoms with Crippen molar-refractivity contribution in [2.75, 3.05) is 0 Å².